The molecule has 0 unspecified atom stereocenters. The van der Waals surface area contributed by atoms with Crippen LogP contribution in [0.3, 0.4) is 0 Å². The van der Waals surface area contributed by atoms with Crippen LogP contribution >= 0.6 is 0 Å². The van der Waals surface area contributed by atoms with Gasteiger partial charge < -0.3 is 30.5 Å². The number of hydrogen-bond acceptors (Lipinski definition) is 6. The molecule has 1 amide bonds. The van der Waals surface area contributed by atoms with E-state index in [1.807, 2.05) is 30.3 Å². The summed E-state index contributed by atoms with van der Waals surface area (Å²) >= 11 is 0. The zero-order valence-electron chi connectivity index (χ0n) is 12.0. The van der Waals surface area contributed by atoms with E-state index in [0.29, 0.717) is 0 Å². The van der Waals surface area contributed by atoms with Crippen molar-refractivity contribution in [1.29, 1.82) is 0 Å². The van der Waals surface area contributed by atoms with Gasteiger partial charge in [-0.2, -0.15) is 0 Å². The Hall–Kier alpha value is -1.67. The van der Waals surface area contributed by atoms with Gasteiger partial charge in [0.05, 0.1) is 12.1 Å². The normalized spacial score (nSPS) is 31.5. The van der Waals surface area contributed by atoms with Gasteiger partial charge in [-0.15, -0.1) is 0 Å². The Morgan fingerprint density at radius 1 is 1.14 bits per heavy atom. The lowest BCUT2D eigenvalue weighted by molar-refractivity contribution is -0.129. The first-order valence-electron chi connectivity index (χ1n) is 7.15. The fourth-order valence-electron chi connectivity index (χ4n) is 2.57. The summed E-state index contributed by atoms with van der Waals surface area (Å²) in [6.07, 6.45) is -4.55. The van der Waals surface area contributed by atoms with Crippen molar-refractivity contribution in [3.8, 4) is 0 Å². The largest absolute Gasteiger partial charge is 0.445 e. The van der Waals surface area contributed by atoms with Gasteiger partial charge in [-0.25, -0.2) is 4.79 Å². The standard InChI is InChI=1S/C15H21NO6/c17-7-10-6-11(13(19)14(20)12(10)18)16-15(21)22-8-9-4-2-1-3-5-9/h1-5,10-14,17-20H,6-8H2,(H,16,21)/t10-,11+,12-,13+,14+/m1/s1. The van der Waals surface area contributed by atoms with E-state index in [1.165, 1.54) is 0 Å². The molecule has 22 heavy (non-hydrogen) atoms. The number of amides is 1. The Bertz CT molecular complexity index is 480. The van der Waals surface area contributed by atoms with Crippen LogP contribution in [0.15, 0.2) is 30.3 Å². The van der Waals surface area contributed by atoms with Gasteiger partial charge in [-0.3, -0.25) is 0 Å². The molecule has 0 bridgehead atoms. The SMILES string of the molecule is O=C(N[C@H]1C[C@H](CO)[C@@H](O)[C@H](O)[C@H]1O)OCc1ccccc1. The molecule has 5 N–H and O–H groups in total. The van der Waals surface area contributed by atoms with Gasteiger partial charge in [0.1, 0.15) is 18.8 Å². The molecular formula is C15H21NO6. The molecule has 0 radical (unpaired) electrons. The van der Waals surface area contributed by atoms with Crippen molar-refractivity contribution in [2.75, 3.05) is 6.61 Å². The molecule has 0 heterocycles. The van der Waals surface area contributed by atoms with E-state index in [4.69, 9.17) is 4.74 Å². The molecule has 7 heteroatoms. The van der Waals surface area contributed by atoms with Gasteiger partial charge in [0.25, 0.3) is 0 Å². The van der Waals surface area contributed by atoms with Crippen LogP contribution in [0.5, 0.6) is 0 Å². The fourth-order valence-corrected chi connectivity index (χ4v) is 2.57. The summed E-state index contributed by atoms with van der Waals surface area (Å²) in [4.78, 5) is 11.8. The van der Waals surface area contributed by atoms with Crippen LogP contribution in [-0.2, 0) is 11.3 Å². The molecule has 1 saturated carbocycles. The van der Waals surface area contributed by atoms with E-state index in [1.54, 1.807) is 0 Å². The maximum absolute atomic E-state index is 11.8. The minimum atomic E-state index is -1.43. The third-order valence-corrected chi connectivity index (χ3v) is 3.90. The van der Waals surface area contributed by atoms with Crippen molar-refractivity contribution in [3.63, 3.8) is 0 Å². The number of ether oxygens (including phenoxy) is 1. The average Bonchev–Trinajstić information content (AvgIpc) is 2.54. The Balaban J connectivity index is 1.87. The zero-order chi connectivity index (χ0) is 16.1. The van der Waals surface area contributed by atoms with E-state index in [-0.39, 0.29) is 19.6 Å². The van der Waals surface area contributed by atoms with Crippen molar-refractivity contribution in [1.82, 2.24) is 5.32 Å². The summed E-state index contributed by atoms with van der Waals surface area (Å²) < 4.78 is 5.04. The average molecular weight is 311 g/mol. The van der Waals surface area contributed by atoms with Gasteiger partial charge in [0.2, 0.25) is 0 Å². The van der Waals surface area contributed by atoms with Crippen molar-refractivity contribution in [3.05, 3.63) is 35.9 Å². The van der Waals surface area contributed by atoms with E-state index >= 15 is 0 Å². The Labute approximate surface area is 128 Å². The summed E-state index contributed by atoms with van der Waals surface area (Å²) in [6.45, 7) is -0.258. The first-order valence-corrected chi connectivity index (χ1v) is 7.15. The highest BCUT2D eigenvalue weighted by atomic mass is 16.5. The molecule has 0 aromatic heterocycles. The van der Waals surface area contributed by atoms with Crippen molar-refractivity contribution < 1.29 is 30.0 Å². The summed E-state index contributed by atoms with van der Waals surface area (Å²) in [5.74, 6) is -0.613. The Morgan fingerprint density at radius 3 is 2.45 bits per heavy atom. The second-order valence-corrected chi connectivity index (χ2v) is 5.46. The number of benzene rings is 1. The topological polar surface area (TPSA) is 119 Å². The number of nitrogens with one attached hydrogen (secondary N) is 1. The number of carbonyl (C=O) groups is 1. The van der Waals surface area contributed by atoms with Crippen molar-refractivity contribution in [2.24, 2.45) is 5.92 Å². The number of hydrogen-bond donors (Lipinski definition) is 5. The molecule has 1 aromatic carbocycles. The van der Waals surface area contributed by atoms with Crippen molar-refractivity contribution >= 4 is 6.09 Å². The molecule has 0 saturated heterocycles. The van der Waals surface area contributed by atoms with Crippen LogP contribution in [0, 0.1) is 5.92 Å². The zero-order valence-corrected chi connectivity index (χ0v) is 12.0. The van der Waals surface area contributed by atoms with Crippen LogP contribution in [0.25, 0.3) is 0 Å². The molecule has 7 nitrogen and oxygen atoms in total. The van der Waals surface area contributed by atoms with E-state index in [2.05, 4.69) is 5.32 Å². The van der Waals surface area contributed by atoms with Crippen LogP contribution in [-0.4, -0.2) is 57.5 Å². The van der Waals surface area contributed by atoms with Crippen molar-refractivity contribution in [2.45, 2.75) is 37.4 Å². The van der Waals surface area contributed by atoms with Gasteiger partial charge in [-0.05, 0) is 12.0 Å². The number of aliphatic hydroxyl groups excluding tert-OH is 4. The van der Waals surface area contributed by atoms with Crippen LogP contribution in [0.2, 0.25) is 0 Å². The third-order valence-electron chi connectivity index (χ3n) is 3.90. The number of carbonyl (C=O) groups excluding carboxylic acids is 1. The van der Waals surface area contributed by atoms with Crippen LogP contribution in [0.4, 0.5) is 4.79 Å². The van der Waals surface area contributed by atoms with Gasteiger partial charge >= 0.3 is 6.09 Å². The first-order chi connectivity index (χ1) is 10.5. The number of aliphatic hydroxyl groups is 4. The molecule has 2 rings (SSSR count). The molecule has 122 valence electrons. The predicted molar refractivity (Wildman–Crippen MR) is 76.8 cm³/mol. The molecule has 1 aliphatic rings. The maximum atomic E-state index is 11.8. The van der Waals surface area contributed by atoms with E-state index in [0.717, 1.165) is 5.56 Å². The number of rotatable bonds is 4. The second-order valence-electron chi connectivity index (χ2n) is 5.46. The summed E-state index contributed by atoms with van der Waals surface area (Å²) in [5.41, 5.74) is 0.825. The number of alkyl carbamates (subject to hydrolysis) is 1. The quantitative estimate of drug-likeness (QED) is 0.505. The lowest BCUT2D eigenvalue weighted by Gasteiger charge is -2.39. The highest BCUT2D eigenvalue weighted by molar-refractivity contribution is 5.67. The smallest absolute Gasteiger partial charge is 0.407 e. The molecule has 1 aromatic rings. The monoisotopic (exact) mass is 311 g/mol. The molecule has 5 atom stereocenters. The predicted octanol–water partition coefficient (Wildman–Crippen LogP) is -0.624. The molecule has 0 aliphatic heterocycles. The molecule has 1 aliphatic carbocycles. The summed E-state index contributed by atoms with van der Waals surface area (Å²) in [5, 5.41) is 41.0. The van der Waals surface area contributed by atoms with E-state index in [9.17, 15) is 25.2 Å². The van der Waals surface area contributed by atoms with E-state index < -0.39 is 36.4 Å². The fraction of sp³-hybridized carbons (Fsp3) is 0.533. The third kappa shape index (κ3) is 3.95. The summed E-state index contributed by atoms with van der Waals surface area (Å²) in [6, 6.07) is 8.33. The first kappa shape index (κ1) is 16.7. The lowest BCUT2D eigenvalue weighted by Crippen LogP contribution is -2.59. The minimum Gasteiger partial charge on any atom is -0.445 e. The summed E-state index contributed by atoms with van der Waals surface area (Å²) in [7, 11) is 0. The minimum absolute atomic E-state index is 0.0874. The van der Waals surface area contributed by atoms with Crippen LogP contribution in [0.1, 0.15) is 12.0 Å². The maximum Gasteiger partial charge on any atom is 0.407 e. The van der Waals surface area contributed by atoms with Gasteiger partial charge in [0.15, 0.2) is 0 Å². The molecule has 1 fully saturated rings. The molecule has 0 spiro atoms. The Kier molecular flexibility index (Phi) is 5.73. The molecular weight excluding hydrogens is 290 g/mol. The van der Waals surface area contributed by atoms with Crippen LogP contribution < -0.4 is 5.32 Å². The van der Waals surface area contributed by atoms with Gasteiger partial charge in [0, 0.05) is 12.5 Å². The second kappa shape index (κ2) is 7.55. The van der Waals surface area contributed by atoms with Gasteiger partial charge in [-0.1, -0.05) is 30.3 Å². The lowest BCUT2D eigenvalue weighted by atomic mass is 9.80. The Morgan fingerprint density at radius 2 is 1.82 bits per heavy atom. The highest BCUT2D eigenvalue weighted by Crippen LogP contribution is 2.25. The highest BCUT2D eigenvalue weighted by Gasteiger charge is 2.43.